The summed E-state index contributed by atoms with van der Waals surface area (Å²) in [6, 6.07) is 11.1. The maximum atomic E-state index is 12.0. The number of carbonyl (C=O) groups is 1. The smallest absolute Gasteiger partial charge is 0.236 e. The fourth-order valence-electron chi connectivity index (χ4n) is 3.85. The van der Waals surface area contributed by atoms with E-state index in [1.165, 1.54) is 5.56 Å². The molecule has 2 saturated heterocycles. The molecule has 122 valence electrons. The van der Waals surface area contributed by atoms with Gasteiger partial charge in [-0.15, -0.1) is 0 Å². The van der Waals surface area contributed by atoms with Gasteiger partial charge >= 0.3 is 0 Å². The normalized spacial score (nSPS) is 24.4. The molecule has 1 aromatic rings. The lowest BCUT2D eigenvalue weighted by Crippen LogP contribution is -2.41. The second kappa shape index (κ2) is 6.69. The van der Waals surface area contributed by atoms with E-state index in [0.29, 0.717) is 18.6 Å². The third-order valence-corrected chi connectivity index (χ3v) is 5.09. The van der Waals surface area contributed by atoms with Crippen LogP contribution in [-0.2, 0) is 11.3 Å². The first-order valence-corrected chi connectivity index (χ1v) is 8.26. The molecule has 0 aliphatic carbocycles. The van der Waals surface area contributed by atoms with Crippen LogP contribution in [0, 0.1) is 11.3 Å². The van der Waals surface area contributed by atoms with Crippen molar-refractivity contribution in [1.29, 1.82) is 5.26 Å². The molecule has 1 amide bonds. The van der Waals surface area contributed by atoms with E-state index in [1.54, 1.807) is 4.90 Å². The Balaban J connectivity index is 1.63. The van der Waals surface area contributed by atoms with E-state index in [4.69, 9.17) is 5.26 Å². The van der Waals surface area contributed by atoms with Crippen molar-refractivity contribution in [2.24, 2.45) is 0 Å². The summed E-state index contributed by atoms with van der Waals surface area (Å²) in [5.41, 5.74) is 1.93. The number of likely N-dealkylation sites (tertiary alicyclic amines) is 2. The van der Waals surface area contributed by atoms with Gasteiger partial charge in [0, 0.05) is 45.8 Å². The Bertz CT molecular complexity index is 622. The number of likely N-dealkylation sites (N-methyl/N-ethyl adjacent to an activating group) is 1. The summed E-state index contributed by atoms with van der Waals surface area (Å²) in [6.45, 7) is 3.50. The van der Waals surface area contributed by atoms with Crippen LogP contribution in [0.3, 0.4) is 0 Å². The Hall–Kier alpha value is -1.90. The molecule has 0 N–H and O–H groups in total. The Morgan fingerprint density at radius 3 is 2.65 bits per heavy atom. The lowest BCUT2D eigenvalue weighted by molar-refractivity contribution is -0.130. The number of nitrogens with zero attached hydrogens (tertiary/aromatic N) is 4. The van der Waals surface area contributed by atoms with Crippen molar-refractivity contribution < 1.29 is 4.79 Å². The molecule has 0 bridgehead atoms. The van der Waals surface area contributed by atoms with Crippen LogP contribution in [0.5, 0.6) is 0 Å². The average Bonchev–Trinajstić information content (AvgIpc) is 3.11. The Labute approximate surface area is 138 Å². The molecule has 0 unspecified atom stereocenters. The third-order valence-electron chi connectivity index (χ3n) is 5.09. The van der Waals surface area contributed by atoms with Crippen molar-refractivity contribution >= 4 is 5.91 Å². The van der Waals surface area contributed by atoms with Gasteiger partial charge in [-0.2, -0.15) is 5.26 Å². The number of hydrogen-bond acceptors (Lipinski definition) is 4. The molecule has 2 aliphatic rings. The highest BCUT2D eigenvalue weighted by atomic mass is 16.2. The van der Waals surface area contributed by atoms with E-state index in [2.05, 4.69) is 21.9 Å². The predicted octanol–water partition coefficient (Wildman–Crippen LogP) is 1.30. The first-order valence-electron chi connectivity index (χ1n) is 8.26. The fraction of sp³-hybridized carbons (Fsp3) is 0.556. The van der Waals surface area contributed by atoms with Crippen LogP contribution in [0.25, 0.3) is 0 Å². The molecule has 1 aromatic carbocycles. The molecule has 2 aliphatic heterocycles. The minimum atomic E-state index is 0.186. The average molecular weight is 312 g/mol. The van der Waals surface area contributed by atoms with Gasteiger partial charge in [0.05, 0.1) is 18.2 Å². The summed E-state index contributed by atoms with van der Waals surface area (Å²) in [6.07, 6.45) is 2.26. The first-order chi connectivity index (χ1) is 11.1. The van der Waals surface area contributed by atoms with Gasteiger partial charge in [-0.3, -0.25) is 14.6 Å². The quantitative estimate of drug-likeness (QED) is 0.841. The molecular weight excluding hydrogens is 288 g/mol. The van der Waals surface area contributed by atoms with Crippen molar-refractivity contribution in [2.75, 3.05) is 33.7 Å². The number of hydrogen-bond donors (Lipinski definition) is 0. The van der Waals surface area contributed by atoms with E-state index < -0.39 is 0 Å². The highest BCUT2D eigenvalue weighted by molar-refractivity contribution is 5.77. The van der Waals surface area contributed by atoms with Gasteiger partial charge in [-0.1, -0.05) is 12.1 Å². The summed E-state index contributed by atoms with van der Waals surface area (Å²) < 4.78 is 0. The summed E-state index contributed by atoms with van der Waals surface area (Å²) in [4.78, 5) is 18.5. The SMILES string of the molecule is CN(C)C(=O)CN1CC[C@@H]2[C@@H]1CCN2Cc1cccc(C#N)c1. The molecule has 2 atom stereocenters. The standard InChI is InChI=1S/C18H24N4O/c1-20(2)18(23)13-22-9-7-16-17(22)6-8-21(16)12-15-5-3-4-14(10-15)11-19/h3-5,10,16-17H,6-9,12-13H2,1-2H3/t16-,17+/m1/s1. The molecule has 5 nitrogen and oxygen atoms in total. The van der Waals surface area contributed by atoms with Crippen LogP contribution in [0.1, 0.15) is 24.0 Å². The number of rotatable bonds is 4. The highest BCUT2D eigenvalue weighted by Crippen LogP contribution is 2.32. The molecule has 0 aromatic heterocycles. The maximum Gasteiger partial charge on any atom is 0.236 e. The van der Waals surface area contributed by atoms with Crippen LogP contribution >= 0.6 is 0 Å². The highest BCUT2D eigenvalue weighted by Gasteiger charge is 2.42. The first kappa shape index (κ1) is 16.0. The number of fused-ring (bicyclic) bond motifs is 1. The van der Waals surface area contributed by atoms with Crippen molar-refractivity contribution in [1.82, 2.24) is 14.7 Å². The second-order valence-corrected chi connectivity index (χ2v) is 6.75. The zero-order valence-electron chi connectivity index (χ0n) is 13.9. The largest absolute Gasteiger partial charge is 0.348 e. The lowest BCUT2D eigenvalue weighted by atomic mass is 10.1. The zero-order valence-corrected chi connectivity index (χ0v) is 13.9. The van der Waals surface area contributed by atoms with Crippen LogP contribution in [0.15, 0.2) is 24.3 Å². The van der Waals surface area contributed by atoms with Crippen LogP contribution in [0.4, 0.5) is 0 Å². The van der Waals surface area contributed by atoms with E-state index in [-0.39, 0.29) is 5.91 Å². The van der Waals surface area contributed by atoms with Gasteiger partial charge in [0.25, 0.3) is 0 Å². The molecule has 0 spiro atoms. The molecule has 23 heavy (non-hydrogen) atoms. The zero-order chi connectivity index (χ0) is 16.4. The second-order valence-electron chi connectivity index (χ2n) is 6.75. The fourth-order valence-corrected chi connectivity index (χ4v) is 3.85. The molecular formula is C18H24N4O. The van der Waals surface area contributed by atoms with Crippen LogP contribution < -0.4 is 0 Å². The molecule has 0 saturated carbocycles. The van der Waals surface area contributed by atoms with E-state index in [1.807, 2.05) is 32.3 Å². The van der Waals surface area contributed by atoms with Gasteiger partial charge in [0.2, 0.25) is 5.91 Å². The van der Waals surface area contributed by atoms with Crippen molar-refractivity contribution in [3.63, 3.8) is 0 Å². The van der Waals surface area contributed by atoms with E-state index in [9.17, 15) is 4.79 Å². The molecule has 2 heterocycles. The summed E-state index contributed by atoms with van der Waals surface area (Å²) in [7, 11) is 3.64. The van der Waals surface area contributed by atoms with Gasteiger partial charge in [-0.25, -0.2) is 0 Å². The van der Waals surface area contributed by atoms with E-state index in [0.717, 1.165) is 38.0 Å². The summed E-state index contributed by atoms with van der Waals surface area (Å²) >= 11 is 0. The topological polar surface area (TPSA) is 50.6 Å². The third kappa shape index (κ3) is 3.39. The summed E-state index contributed by atoms with van der Waals surface area (Å²) in [5.74, 6) is 0.186. The van der Waals surface area contributed by atoms with Gasteiger partial charge < -0.3 is 4.90 Å². The van der Waals surface area contributed by atoms with Crippen LogP contribution in [-0.4, -0.2) is 66.4 Å². The molecule has 0 radical (unpaired) electrons. The number of amides is 1. The Morgan fingerprint density at radius 1 is 1.26 bits per heavy atom. The van der Waals surface area contributed by atoms with Crippen molar-refractivity contribution in [3.05, 3.63) is 35.4 Å². The minimum absolute atomic E-state index is 0.186. The van der Waals surface area contributed by atoms with Gasteiger partial charge in [0.15, 0.2) is 0 Å². The minimum Gasteiger partial charge on any atom is -0.348 e. The predicted molar refractivity (Wildman–Crippen MR) is 88.6 cm³/mol. The summed E-state index contributed by atoms with van der Waals surface area (Å²) in [5, 5.41) is 9.03. The van der Waals surface area contributed by atoms with Crippen molar-refractivity contribution in [3.8, 4) is 6.07 Å². The monoisotopic (exact) mass is 312 g/mol. The van der Waals surface area contributed by atoms with Crippen LogP contribution in [0.2, 0.25) is 0 Å². The van der Waals surface area contributed by atoms with E-state index >= 15 is 0 Å². The molecule has 2 fully saturated rings. The Morgan fingerprint density at radius 2 is 1.96 bits per heavy atom. The van der Waals surface area contributed by atoms with Gasteiger partial charge in [-0.05, 0) is 30.5 Å². The molecule has 3 rings (SSSR count). The Kier molecular flexibility index (Phi) is 4.65. The number of benzene rings is 1. The van der Waals surface area contributed by atoms with Crippen molar-refractivity contribution in [2.45, 2.75) is 31.5 Å². The number of nitriles is 1. The lowest BCUT2D eigenvalue weighted by Gasteiger charge is -2.26. The maximum absolute atomic E-state index is 12.0. The number of carbonyl (C=O) groups excluding carboxylic acids is 1. The van der Waals surface area contributed by atoms with Gasteiger partial charge in [0.1, 0.15) is 0 Å². The molecule has 5 heteroatoms.